The third-order valence-electron chi connectivity index (χ3n) is 14.1. The highest BCUT2D eigenvalue weighted by atomic mass is 16.3. The van der Waals surface area contributed by atoms with Crippen LogP contribution in [0.1, 0.15) is 81.7 Å². The minimum absolute atomic E-state index is 0.0293. The number of hydrogen-bond acceptors (Lipinski definition) is 3. The van der Waals surface area contributed by atoms with Crippen molar-refractivity contribution in [2.75, 3.05) is 0 Å². The smallest absolute Gasteiger partial charge is 0.140 e. The Hall–Kier alpha value is -7.14. The number of aliphatic hydroxyl groups is 3. The molecule has 0 saturated heterocycles. The highest BCUT2D eigenvalue weighted by molar-refractivity contribution is 5.76. The molecule has 2 unspecified atom stereocenters. The van der Waals surface area contributed by atoms with Crippen LogP contribution in [0.3, 0.4) is 0 Å². The zero-order valence-electron chi connectivity index (χ0n) is 37.0. The maximum atomic E-state index is 13.1. The summed E-state index contributed by atoms with van der Waals surface area (Å²) in [5.74, 6) is 0.127. The van der Waals surface area contributed by atoms with E-state index >= 15 is 0 Å². The van der Waals surface area contributed by atoms with Gasteiger partial charge in [0.15, 0.2) is 0 Å². The van der Waals surface area contributed by atoms with Crippen LogP contribution in [0, 0.1) is 5.92 Å². The van der Waals surface area contributed by atoms with E-state index in [2.05, 4.69) is 66.7 Å². The summed E-state index contributed by atoms with van der Waals surface area (Å²) < 4.78 is 0. The first-order valence-corrected chi connectivity index (χ1v) is 23.2. The van der Waals surface area contributed by atoms with Gasteiger partial charge in [-0.1, -0.05) is 237 Å². The van der Waals surface area contributed by atoms with Crippen LogP contribution in [0.15, 0.2) is 249 Å². The first kappa shape index (κ1) is 42.8. The molecule has 0 aromatic heterocycles. The van der Waals surface area contributed by atoms with Crippen LogP contribution in [0.25, 0.3) is 22.3 Å². The van der Waals surface area contributed by atoms with E-state index in [9.17, 15) is 15.3 Å². The zero-order chi connectivity index (χ0) is 45.0. The minimum Gasteiger partial charge on any atom is -0.380 e. The number of benzene rings is 9. The SMILES string of the molecule is OC(c1ccccc1)(c1ccccc1)c1cccc(-c2cc(-c3cccc(C(O)(c4ccccc4)c4ccccc4)c3)cc(C3CCCC(C(O)(c4ccccc4)c4ccccc4)C3)c2)c1. The predicted molar refractivity (Wildman–Crippen MR) is 268 cm³/mol. The molecule has 66 heavy (non-hydrogen) atoms. The fourth-order valence-electron chi connectivity index (χ4n) is 10.7. The average Bonchev–Trinajstić information content (AvgIpc) is 3.41. The van der Waals surface area contributed by atoms with Gasteiger partial charge in [0, 0.05) is 0 Å². The molecule has 2 atom stereocenters. The lowest BCUT2D eigenvalue weighted by atomic mass is 9.66. The summed E-state index contributed by atoms with van der Waals surface area (Å²) in [5.41, 5.74) is 7.82. The quantitative estimate of drug-likeness (QED) is 0.107. The molecule has 1 fully saturated rings. The summed E-state index contributed by atoms with van der Waals surface area (Å²) >= 11 is 0. The van der Waals surface area contributed by atoms with Crippen molar-refractivity contribution in [1.82, 2.24) is 0 Å². The summed E-state index contributed by atoms with van der Waals surface area (Å²) in [6, 6.07) is 83.6. The average molecular weight is 859 g/mol. The van der Waals surface area contributed by atoms with E-state index in [1.54, 1.807) is 0 Å². The molecule has 10 rings (SSSR count). The molecular weight excluding hydrogens is 805 g/mol. The Bertz CT molecular complexity index is 2740. The van der Waals surface area contributed by atoms with E-state index in [1.807, 2.05) is 182 Å². The van der Waals surface area contributed by atoms with Crippen LogP contribution in [0.5, 0.6) is 0 Å². The molecule has 324 valence electrons. The van der Waals surface area contributed by atoms with Crippen LogP contribution in [0.2, 0.25) is 0 Å². The van der Waals surface area contributed by atoms with Crippen LogP contribution in [-0.2, 0) is 16.8 Å². The molecular formula is C63H54O3. The normalized spacial score (nSPS) is 15.6. The standard InChI is InChI=1S/C63H54O3/c64-61(52-25-7-1-8-26-52,53-27-9-2-10-28-53)58-37-19-22-46(43-58)49-40-50(47-23-20-38-59(44-47)62(65,54-29-11-3-12-30-54)55-31-13-4-14-32-55)42-51(41-49)48-24-21-39-60(45-48)63(66,56-33-15-5-16-34-56)57-35-17-6-18-36-57/h1-20,22-23,25-38,40-44,48,60,64-66H,21,24,39,45H2. The fraction of sp³-hybridized carbons (Fsp3) is 0.143. The number of rotatable bonds is 12. The van der Waals surface area contributed by atoms with Gasteiger partial charge < -0.3 is 15.3 Å². The third-order valence-corrected chi connectivity index (χ3v) is 14.1. The van der Waals surface area contributed by atoms with Gasteiger partial charge >= 0.3 is 0 Å². The molecule has 0 spiro atoms. The Morgan fingerprint density at radius 2 is 0.636 bits per heavy atom. The van der Waals surface area contributed by atoms with Gasteiger partial charge in [0.05, 0.1) is 0 Å². The topological polar surface area (TPSA) is 60.7 Å². The molecule has 0 amide bonds. The van der Waals surface area contributed by atoms with Crippen LogP contribution in [0.4, 0.5) is 0 Å². The van der Waals surface area contributed by atoms with E-state index < -0.39 is 16.8 Å². The van der Waals surface area contributed by atoms with Crippen molar-refractivity contribution in [2.24, 2.45) is 5.92 Å². The van der Waals surface area contributed by atoms with E-state index in [-0.39, 0.29) is 11.8 Å². The van der Waals surface area contributed by atoms with Crippen molar-refractivity contribution < 1.29 is 15.3 Å². The maximum Gasteiger partial charge on any atom is 0.140 e. The summed E-state index contributed by atoms with van der Waals surface area (Å²) in [5, 5.41) is 38.9. The highest BCUT2D eigenvalue weighted by Gasteiger charge is 2.43. The zero-order valence-corrected chi connectivity index (χ0v) is 37.0. The molecule has 0 aliphatic heterocycles. The lowest BCUT2D eigenvalue weighted by Gasteiger charge is -2.42. The van der Waals surface area contributed by atoms with Crippen molar-refractivity contribution in [3.05, 3.63) is 299 Å². The molecule has 3 N–H and O–H groups in total. The van der Waals surface area contributed by atoms with Crippen molar-refractivity contribution >= 4 is 0 Å². The van der Waals surface area contributed by atoms with Crippen molar-refractivity contribution in [1.29, 1.82) is 0 Å². The molecule has 3 heteroatoms. The summed E-state index contributed by atoms with van der Waals surface area (Å²) in [4.78, 5) is 0. The van der Waals surface area contributed by atoms with Crippen molar-refractivity contribution in [3.63, 3.8) is 0 Å². The van der Waals surface area contributed by atoms with Gasteiger partial charge in [-0.2, -0.15) is 0 Å². The predicted octanol–water partition coefficient (Wildman–Crippen LogP) is 13.8. The molecule has 9 aromatic rings. The van der Waals surface area contributed by atoms with Gasteiger partial charge in [0.1, 0.15) is 16.8 Å². The van der Waals surface area contributed by atoms with E-state index in [0.29, 0.717) is 0 Å². The lowest BCUT2D eigenvalue weighted by Crippen LogP contribution is -2.39. The second-order valence-electron chi connectivity index (χ2n) is 17.9. The summed E-state index contributed by atoms with van der Waals surface area (Å²) in [7, 11) is 0. The molecule has 0 bridgehead atoms. The monoisotopic (exact) mass is 858 g/mol. The molecule has 1 saturated carbocycles. The lowest BCUT2D eigenvalue weighted by molar-refractivity contribution is -0.00453. The van der Waals surface area contributed by atoms with Crippen molar-refractivity contribution in [2.45, 2.75) is 48.4 Å². The van der Waals surface area contributed by atoms with Gasteiger partial charge in [-0.3, -0.25) is 0 Å². The second kappa shape index (κ2) is 18.4. The first-order chi connectivity index (χ1) is 32.3. The molecule has 0 heterocycles. The molecule has 0 radical (unpaired) electrons. The van der Waals surface area contributed by atoms with Crippen LogP contribution >= 0.6 is 0 Å². The van der Waals surface area contributed by atoms with Gasteiger partial charge in [0.2, 0.25) is 0 Å². The van der Waals surface area contributed by atoms with Gasteiger partial charge in [-0.05, 0) is 122 Å². The summed E-state index contributed by atoms with van der Waals surface area (Å²) in [6.07, 6.45) is 3.67. The van der Waals surface area contributed by atoms with Gasteiger partial charge in [0.25, 0.3) is 0 Å². The fourth-order valence-corrected chi connectivity index (χ4v) is 10.7. The van der Waals surface area contributed by atoms with Crippen LogP contribution in [-0.4, -0.2) is 15.3 Å². The Morgan fingerprint density at radius 1 is 0.303 bits per heavy atom. The maximum absolute atomic E-state index is 13.1. The van der Waals surface area contributed by atoms with E-state index in [4.69, 9.17) is 0 Å². The largest absolute Gasteiger partial charge is 0.380 e. The Morgan fingerprint density at radius 3 is 1.00 bits per heavy atom. The van der Waals surface area contributed by atoms with E-state index in [1.165, 1.54) is 5.56 Å². The minimum atomic E-state index is -1.40. The molecule has 1 aliphatic rings. The van der Waals surface area contributed by atoms with Gasteiger partial charge in [-0.25, -0.2) is 0 Å². The highest BCUT2D eigenvalue weighted by Crippen LogP contribution is 2.49. The Kier molecular flexibility index (Phi) is 11.9. The van der Waals surface area contributed by atoms with Crippen molar-refractivity contribution in [3.8, 4) is 22.3 Å². The Labute approximate surface area is 389 Å². The molecule has 1 aliphatic carbocycles. The second-order valence-corrected chi connectivity index (χ2v) is 17.9. The van der Waals surface area contributed by atoms with Gasteiger partial charge in [-0.15, -0.1) is 0 Å². The van der Waals surface area contributed by atoms with E-state index in [0.717, 1.165) is 92.4 Å². The molecule has 3 nitrogen and oxygen atoms in total. The first-order valence-electron chi connectivity index (χ1n) is 23.2. The number of hydrogen-bond donors (Lipinski definition) is 3. The third kappa shape index (κ3) is 8.01. The molecule has 9 aromatic carbocycles. The summed E-state index contributed by atoms with van der Waals surface area (Å²) in [6.45, 7) is 0. The van der Waals surface area contributed by atoms with Crippen LogP contribution < -0.4 is 0 Å². The Balaban J connectivity index is 1.13.